The zero-order valence-electron chi connectivity index (χ0n) is 7.05. The van der Waals surface area contributed by atoms with E-state index in [1.165, 1.54) is 0 Å². The van der Waals surface area contributed by atoms with Gasteiger partial charge in [0.1, 0.15) is 0 Å². The van der Waals surface area contributed by atoms with Crippen molar-refractivity contribution in [2.24, 2.45) is 5.92 Å². The Bertz CT molecular complexity index is 204. The molecule has 0 saturated carbocycles. The first kappa shape index (κ1) is 8.31. The van der Waals surface area contributed by atoms with Gasteiger partial charge < -0.3 is 5.11 Å². The number of carbonyl (C=O) groups is 1. The highest BCUT2D eigenvalue weighted by Crippen LogP contribution is 2.28. The number of carbonyl (C=O) groups excluding carboxylic acids is 1. The summed E-state index contributed by atoms with van der Waals surface area (Å²) in [5.74, 6) is 0.320. The summed E-state index contributed by atoms with van der Waals surface area (Å²) in [6, 6.07) is 0. The van der Waals surface area contributed by atoms with Crippen molar-refractivity contribution in [3.63, 3.8) is 0 Å². The summed E-state index contributed by atoms with van der Waals surface area (Å²) < 4.78 is 0. The van der Waals surface area contributed by atoms with Crippen molar-refractivity contribution in [2.75, 3.05) is 0 Å². The minimum absolute atomic E-state index is 0.0411. The molecule has 0 bridgehead atoms. The normalized spacial score (nSPS) is 21.1. The Balaban J connectivity index is 2.79. The van der Waals surface area contributed by atoms with E-state index in [1.54, 1.807) is 0 Å². The molecule has 0 radical (unpaired) electrons. The molecule has 1 atom stereocenters. The zero-order valence-corrected chi connectivity index (χ0v) is 7.05. The molecule has 2 heteroatoms. The van der Waals surface area contributed by atoms with Crippen LogP contribution in [-0.2, 0) is 4.79 Å². The smallest absolute Gasteiger partial charge is 0.197 e. The average Bonchev–Trinajstić information content (AvgIpc) is 2.32. The molecule has 0 fully saturated rings. The largest absolute Gasteiger partial charge is 0.504 e. The quantitative estimate of drug-likeness (QED) is 0.662. The van der Waals surface area contributed by atoms with Crippen molar-refractivity contribution < 1.29 is 9.90 Å². The summed E-state index contributed by atoms with van der Waals surface area (Å²) in [5.41, 5.74) is 0.956. The van der Waals surface area contributed by atoms with Gasteiger partial charge in [0.25, 0.3) is 0 Å². The number of allylic oxidation sites excluding steroid dienone is 2. The fraction of sp³-hybridized carbons (Fsp3) is 0.667. The van der Waals surface area contributed by atoms with E-state index in [-0.39, 0.29) is 11.5 Å². The Morgan fingerprint density at radius 3 is 2.55 bits per heavy atom. The van der Waals surface area contributed by atoms with Gasteiger partial charge in [-0.3, -0.25) is 4.79 Å². The third-order valence-corrected chi connectivity index (χ3v) is 2.40. The van der Waals surface area contributed by atoms with Crippen LogP contribution in [0.5, 0.6) is 0 Å². The number of aliphatic hydroxyl groups is 1. The molecule has 1 rings (SSSR count). The molecule has 0 aromatic carbocycles. The van der Waals surface area contributed by atoms with Crippen LogP contribution in [0.25, 0.3) is 0 Å². The maximum atomic E-state index is 10.9. The fourth-order valence-electron chi connectivity index (χ4n) is 1.39. The van der Waals surface area contributed by atoms with E-state index < -0.39 is 0 Å². The van der Waals surface area contributed by atoms with Crippen LogP contribution >= 0.6 is 0 Å². The van der Waals surface area contributed by atoms with Crippen LogP contribution in [0.2, 0.25) is 0 Å². The molecule has 0 aromatic heterocycles. The number of ketones is 1. The fourth-order valence-corrected chi connectivity index (χ4v) is 1.39. The molecule has 1 N–H and O–H groups in total. The number of Topliss-reactive ketones (excluding diaryl/α,β-unsaturated/α-hetero) is 1. The van der Waals surface area contributed by atoms with Crippen LogP contribution in [0, 0.1) is 5.92 Å². The van der Waals surface area contributed by atoms with Gasteiger partial charge in [-0.15, -0.1) is 0 Å². The van der Waals surface area contributed by atoms with Gasteiger partial charge in [0.05, 0.1) is 0 Å². The lowest BCUT2D eigenvalue weighted by Gasteiger charge is -2.08. The number of rotatable bonds is 2. The zero-order chi connectivity index (χ0) is 8.43. The number of hydrogen-bond acceptors (Lipinski definition) is 2. The van der Waals surface area contributed by atoms with E-state index in [9.17, 15) is 9.90 Å². The molecule has 0 aliphatic heterocycles. The van der Waals surface area contributed by atoms with Gasteiger partial charge in [0, 0.05) is 6.42 Å². The molecule has 0 spiro atoms. The third-order valence-electron chi connectivity index (χ3n) is 2.40. The molecular weight excluding hydrogens is 140 g/mol. The van der Waals surface area contributed by atoms with Crippen molar-refractivity contribution in [3.05, 3.63) is 11.3 Å². The van der Waals surface area contributed by atoms with E-state index in [0.717, 1.165) is 18.4 Å². The monoisotopic (exact) mass is 154 g/mol. The summed E-state index contributed by atoms with van der Waals surface area (Å²) in [4.78, 5) is 10.9. The average molecular weight is 154 g/mol. The van der Waals surface area contributed by atoms with Crippen LogP contribution in [0.3, 0.4) is 0 Å². The molecule has 0 aromatic rings. The SMILES string of the molecule is CC[C@@H](C)C1=C(O)C(=O)CC1. The predicted molar refractivity (Wildman–Crippen MR) is 43.4 cm³/mol. The van der Waals surface area contributed by atoms with Crippen LogP contribution in [0.1, 0.15) is 33.1 Å². The standard InChI is InChI=1S/C9H14O2/c1-3-6(2)7-4-5-8(10)9(7)11/h6,11H,3-5H2,1-2H3/t6-/m1/s1. The molecular formula is C9H14O2. The van der Waals surface area contributed by atoms with Crippen LogP contribution in [-0.4, -0.2) is 10.9 Å². The lowest BCUT2D eigenvalue weighted by molar-refractivity contribution is -0.117. The molecule has 11 heavy (non-hydrogen) atoms. The first-order valence-corrected chi connectivity index (χ1v) is 4.12. The van der Waals surface area contributed by atoms with Crippen molar-refractivity contribution in [1.29, 1.82) is 0 Å². The highest BCUT2D eigenvalue weighted by molar-refractivity contribution is 5.96. The van der Waals surface area contributed by atoms with Gasteiger partial charge in [-0.1, -0.05) is 13.8 Å². The van der Waals surface area contributed by atoms with Gasteiger partial charge in [0.15, 0.2) is 11.5 Å². The van der Waals surface area contributed by atoms with Crippen LogP contribution in [0.4, 0.5) is 0 Å². The molecule has 62 valence electrons. The summed E-state index contributed by atoms with van der Waals surface area (Å²) in [5, 5.41) is 9.29. The lowest BCUT2D eigenvalue weighted by atomic mass is 9.98. The van der Waals surface area contributed by atoms with Crippen LogP contribution < -0.4 is 0 Å². The first-order valence-electron chi connectivity index (χ1n) is 4.12. The molecule has 1 aliphatic rings. The molecule has 2 nitrogen and oxygen atoms in total. The lowest BCUT2D eigenvalue weighted by Crippen LogP contribution is -1.99. The highest BCUT2D eigenvalue weighted by atomic mass is 16.3. The maximum absolute atomic E-state index is 10.9. The van der Waals surface area contributed by atoms with Crippen molar-refractivity contribution >= 4 is 5.78 Å². The minimum Gasteiger partial charge on any atom is -0.504 e. The Morgan fingerprint density at radius 1 is 1.55 bits per heavy atom. The van der Waals surface area contributed by atoms with Gasteiger partial charge in [-0.05, 0) is 24.3 Å². The maximum Gasteiger partial charge on any atom is 0.197 e. The van der Waals surface area contributed by atoms with E-state index in [2.05, 4.69) is 6.92 Å². The van der Waals surface area contributed by atoms with Gasteiger partial charge in [0.2, 0.25) is 0 Å². The van der Waals surface area contributed by atoms with Crippen molar-refractivity contribution in [1.82, 2.24) is 0 Å². The summed E-state index contributed by atoms with van der Waals surface area (Å²) >= 11 is 0. The molecule has 0 amide bonds. The van der Waals surface area contributed by atoms with E-state index >= 15 is 0 Å². The van der Waals surface area contributed by atoms with E-state index in [0.29, 0.717) is 12.3 Å². The minimum atomic E-state index is -0.0831. The van der Waals surface area contributed by atoms with Gasteiger partial charge in [-0.25, -0.2) is 0 Å². The molecule has 0 unspecified atom stereocenters. The summed E-state index contributed by atoms with van der Waals surface area (Å²) in [6.07, 6.45) is 2.26. The number of hydrogen-bond donors (Lipinski definition) is 1. The van der Waals surface area contributed by atoms with E-state index in [1.807, 2.05) is 6.92 Å². The second-order valence-corrected chi connectivity index (χ2v) is 3.11. The van der Waals surface area contributed by atoms with Crippen LogP contribution in [0.15, 0.2) is 11.3 Å². The second-order valence-electron chi connectivity index (χ2n) is 3.11. The summed E-state index contributed by atoms with van der Waals surface area (Å²) in [6.45, 7) is 4.11. The molecule has 0 saturated heterocycles. The second kappa shape index (κ2) is 3.07. The van der Waals surface area contributed by atoms with Gasteiger partial charge >= 0.3 is 0 Å². The Labute approximate surface area is 66.9 Å². The summed E-state index contributed by atoms with van der Waals surface area (Å²) in [7, 11) is 0. The molecule has 0 heterocycles. The Hall–Kier alpha value is -0.790. The predicted octanol–water partition coefficient (Wildman–Crippen LogP) is 2.21. The Kier molecular flexibility index (Phi) is 2.32. The van der Waals surface area contributed by atoms with Crippen molar-refractivity contribution in [2.45, 2.75) is 33.1 Å². The number of aliphatic hydroxyl groups excluding tert-OH is 1. The third kappa shape index (κ3) is 1.44. The Morgan fingerprint density at radius 2 is 2.18 bits per heavy atom. The topological polar surface area (TPSA) is 37.3 Å². The first-order chi connectivity index (χ1) is 5.16. The molecule has 1 aliphatic carbocycles. The highest BCUT2D eigenvalue weighted by Gasteiger charge is 2.24. The van der Waals surface area contributed by atoms with Gasteiger partial charge in [-0.2, -0.15) is 0 Å². The van der Waals surface area contributed by atoms with Crippen molar-refractivity contribution in [3.8, 4) is 0 Å². The van der Waals surface area contributed by atoms with E-state index in [4.69, 9.17) is 0 Å².